The lowest BCUT2D eigenvalue weighted by Gasteiger charge is -1.78. The number of rotatable bonds is 0. The molecule has 3 heteroatoms. The van der Waals surface area contributed by atoms with Crippen LogP contribution in [0.25, 0.3) is 11.2 Å². The Labute approximate surface area is 62.1 Å². The van der Waals surface area contributed by atoms with Gasteiger partial charge in [-0.25, -0.2) is 0 Å². The second kappa shape index (κ2) is 1.95. The molecule has 50 valence electrons. The van der Waals surface area contributed by atoms with Crippen molar-refractivity contribution in [2.45, 2.75) is 0 Å². The van der Waals surface area contributed by atoms with Gasteiger partial charge in [-0.05, 0) is 12.1 Å². The fourth-order valence-electron chi connectivity index (χ4n) is 0.819. The maximum absolute atomic E-state index is 5.02. The predicted octanol–water partition coefficient (Wildman–Crippen LogP) is 2.76. The molecule has 2 rings (SSSR count). The minimum atomic E-state index is 0.182. The first-order valence-corrected chi connectivity index (χ1v) is 3.26. The van der Waals surface area contributed by atoms with E-state index in [4.69, 9.17) is 8.83 Å². The van der Waals surface area contributed by atoms with Gasteiger partial charge in [0.05, 0.1) is 0 Å². The summed E-state index contributed by atoms with van der Waals surface area (Å²) in [5.41, 5.74) is 1.40. The Morgan fingerprint density at radius 1 is 1.00 bits per heavy atom. The molecule has 0 atom stereocenters. The van der Waals surface area contributed by atoms with E-state index in [2.05, 4.69) is 12.2 Å². The second-order valence-electron chi connectivity index (χ2n) is 1.90. The molecule has 1 heterocycles. The van der Waals surface area contributed by atoms with Crippen LogP contribution in [0.2, 0.25) is 0 Å². The minimum absolute atomic E-state index is 0.182. The maximum atomic E-state index is 5.02. The van der Waals surface area contributed by atoms with Crippen LogP contribution in [-0.4, -0.2) is 0 Å². The smallest absolute Gasteiger partial charge is 0.363 e. The number of hydrogen-bond acceptors (Lipinski definition) is 3. The first-order valence-electron chi connectivity index (χ1n) is 2.85. The van der Waals surface area contributed by atoms with Gasteiger partial charge >= 0.3 is 4.90 Å². The lowest BCUT2D eigenvalue weighted by molar-refractivity contribution is 0.444. The van der Waals surface area contributed by atoms with Crippen molar-refractivity contribution < 1.29 is 8.83 Å². The molecule has 0 saturated heterocycles. The monoisotopic (exact) mass is 152 g/mol. The molecule has 2 nitrogen and oxygen atoms in total. The third kappa shape index (κ3) is 0.752. The van der Waals surface area contributed by atoms with E-state index < -0.39 is 0 Å². The maximum Gasteiger partial charge on any atom is 0.363 e. The summed E-state index contributed by atoms with van der Waals surface area (Å²) in [5.74, 6) is 0. The normalized spacial score (nSPS) is 10.4. The van der Waals surface area contributed by atoms with Crippen molar-refractivity contribution in [2.75, 3.05) is 0 Å². The van der Waals surface area contributed by atoms with Crippen LogP contribution in [0.3, 0.4) is 0 Å². The number of benzene rings is 1. The number of hydrogen-bond donors (Lipinski definition) is 0. The molecule has 1 aromatic carbocycles. The van der Waals surface area contributed by atoms with E-state index in [9.17, 15) is 0 Å². The molecular formula is C7H4O2S. The van der Waals surface area contributed by atoms with Crippen LogP contribution in [0.1, 0.15) is 0 Å². The summed E-state index contributed by atoms with van der Waals surface area (Å²) in [4.78, 5) is 0.182. The van der Waals surface area contributed by atoms with E-state index in [-0.39, 0.29) is 4.90 Å². The molecule has 1 aromatic heterocycles. The van der Waals surface area contributed by atoms with Crippen LogP contribution in [0, 0.1) is 4.90 Å². The van der Waals surface area contributed by atoms with Gasteiger partial charge in [0.15, 0.2) is 11.2 Å². The van der Waals surface area contributed by atoms with Gasteiger partial charge in [0.2, 0.25) is 0 Å². The van der Waals surface area contributed by atoms with Gasteiger partial charge in [-0.3, -0.25) is 0 Å². The van der Waals surface area contributed by atoms with Gasteiger partial charge in [-0.1, -0.05) is 12.1 Å². The molecule has 0 spiro atoms. The lowest BCUT2D eigenvalue weighted by Crippen LogP contribution is -1.57. The fourth-order valence-corrected chi connectivity index (χ4v) is 0.999. The largest absolute Gasteiger partial charge is 0.413 e. The molecule has 2 aromatic rings. The van der Waals surface area contributed by atoms with E-state index in [1.54, 1.807) is 0 Å². The van der Waals surface area contributed by atoms with Gasteiger partial charge in [0.1, 0.15) is 0 Å². The van der Waals surface area contributed by atoms with Gasteiger partial charge in [-0.2, -0.15) is 0 Å². The first kappa shape index (κ1) is 5.68. The van der Waals surface area contributed by atoms with Crippen molar-refractivity contribution in [1.29, 1.82) is 0 Å². The van der Waals surface area contributed by atoms with Crippen molar-refractivity contribution in [1.82, 2.24) is 0 Å². The van der Waals surface area contributed by atoms with Gasteiger partial charge < -0.3 is 8.83 Å². The minimum Gasteiger partial charge on any atom is -0.413 e. The topological polar surface area (TPSA) is 26.3 Å². The Morgan fingerprint density at radius 2 is 1.50 bits per heavy atom. The summed E-state index contributed by atoms with van der Waals surface area (Å²) in [5, 5.41) is 0. The van der Waals surface area contributed by atoms with Crippen molar-refractivity contribution in [3.63, 3.8) is 0 Å². The average molecular weight is 152 g/mol. The highest BCUT2D eigenvalue weighted by atomic mass is 32.1. The molecule has 0 bridgehead atoms. The molecule has 0 radical (unpaired) electrons. The van der Waals surface area contributed by atoms with Crippen molar-refractivity contribution in [3.8, 4) is 0 Å². The zero-order valence-corrected chi connectivity index (χ0v) is 5.85. The fraction of sp³-hybridized carbons (Fsp3) is 0. The molecule has 10 heavy (non-hydrogen) atoms. The molecule has 0 aliphatic carbocycles. The lowest BCUT2D eigenvalue weighted by atomic mass is 10.3. The molecule has 0 aliphatic rings. The van der Waals surface area contributed by atoms with E-state index >= 15 is 0 Å². The number of fused-ring (bicyclic) bond motifs is 1. The molecule has 0 saturated carbocycles. The zero-order chi connectivity index (χ0) is 6.97. The Kier molecular flexibility index (Phi) is 1.11. The second-order valence-corrected chi connectivity index (χ2v) is 2.23. The summed E-state index contributed by atoms with van der Waals surface area (Å²) < 4.78 is 10.0. The first-order chi connectivity index (χ1) is 4.86. The van der Waals surface area contributed by atoms with Crippen molar-refractivity contribution in [2.24, 2.45) is 0 Å². The Hall–Kier alpha value is -1.09. The quantitative estimate of drug-likeness (QED) is 0.543. The van der Waals surface area contributed by atoms with Crippen LogP contribution in [0.5, 0.6) is 0 Å². The van der Waals surface area contributed by atoms with Crippen LogP contribution >= 0.6 is 12.2 Å². The van der Waals surface area contributed by atoms with Crippen molar-refractivity contribution >= 4 is 23.4 Å². The van der Waals surface area contributed by atoms with Gasteiger partial charge in [0.25, 0.3) is 0 Å². The standard InChI is InChI=1S/C7H4O2S/c10-7-8-5-3-1-2-4-6(5)9-7/h1-4H. The van der Waals surface area contributed by atoms with Gasteiger partial charge in [0, 0.05) is 12.2 Å². The summed E-state index contributed by atoms with van der Waals surface area (Å²) in [7, 11) is 0. The highest BCUT2D eigenvalue weighted by Crippen LogP contribution is 2.14. The average Bonchev–Trinajstić information content (AvgIpc) is 2.27. The van der Waals surface area contributed by atoms with Gasteiger partial charge in [-0.15, -0.1) is 0 Å². The summed E-state index contributed by atoms with van der Waals surface area (Å²) >= 11 is 4.68. The predicted molar refractivity (Wildman–Crippen MR) is 39.3 cm³/mol. The highest BCUT2D eigenvalue weighted by molar-refractivity contribution is 7.71. The third-order valence-electron chi connectivity index (χ3n) is 1.24. The highest BCUT2D eigenvalue weighted by Gasteiger charge is 1.96. The molecule has 0 fully saturated rings. The Bertz CT molecular complexity index is 363. The van der Waals surface area contributed by atoms with E-state index in [0.29, 0.717) is 11.2 Å². The third-order valence-corrected chi connectivity index (χ3v) is 1.40. The SMILES string of the molecule is S=c1oc2ccccc2o1. The van der Waals surface area contributed by atoms with E-state index in [1.807, 2.05) is 24.3 Å². The summed E-state index contributed by atoms with van der Waals surface area (Å²) in [6.07, 6.45) is 0. The molecule has 0 unspecified atom stereocenters. The Morgan fingerprint density at radius 3 is 2.00 bits per heavy atom. The Balaban J connectivity index is 3.01. The number of para-hydroxylation sites is 2. The van der Waals surface area contributed by atoms with E-state index in [1.165, 1.54) is 0 Å². The van der Waals surface area contributed by atoms with Crippen LogP contribution in [0.15, 0.2) is 33.1 Å². The van der Waals surface area contributed by atoms with Crippen LogP contribution in [-0.2, 0) is 0 Å². The molecule has 0 aliphatic heterocycles. The van der Waals surface area contributed by atoms with Crippen molar-refractivity contribution in [3.05, 3.63) is 29.2 Å². The van der Waals surface area contributed by atoms with Crippen LogP contribution in [0.4, 0.5) is 0 Å². The summed E-state index contributed by atoms with van der Waals surface area (Å²) in [6, 6.07) is 7.37. The molecule has 0 amide bonds. The molecule has 0 N–H and O–H groups in total. The summed E-state index contributed by atoms with van der Waals surface area (Å²) in [6.45, 7) is 0. The zero-order valence-electron chi connectivity index (χ0n) is 5.03. The van der Waals surface area contributed by atoms with E-state index in [0.717, 1.165) is 0 Å². The van der Waals surface area contributed by atoms with Crippen LogP contribution < -0.4 is 0 Å². The molecular weight excluding hydrogens is 148 g/mol.